The second-order valence-corrected chi connectivity index (χ2v) is 8.96. The van der Waals surface area contributed by atoms with E-state index in [-0.39, 0.29) is 29.4 Å². The Labute approximate surface area is 201 Å². The number of carbonyl (C=O) groups is 2. The SMILES string of the molecule is O=C(c1cnco1)N1CCN(C2CN(C(=O)c3cc4ccccc4n3-c3ccc(F)cc3)C2)CC1. The van der Waals surface area contributed by atoms with E-state index < -0.39 is 0 Å². The van der Waals surface area contributed by atoms with E-state index in [9.17, 15) is 14.0 Å². The minimum atomic E-state index is -0.314. The van der Waals surface area contributed by atoms with Gasteiger partial charge >= 0.3 is 0 Å². The van der Waals surface area contributed by atoms with E-state index in [0.717, 1.165) is 29.7 Å². The van der Waals surface area contributed by atoms with Gasteiger partial charge in [-0.2, -0.15) is 0 Å². The van der Waals surface area contributed by atoms with Crippen LogP contribution in [-0.2, 0) is 0 Å². The molecule has 0 unspecified atom stereocenters. The summed E-state index contributed by atoms with van der Waals surface area (Å²) in [5.74, 6) is -0.233. The summed E-state index contributed by atoms with van der Waals surface area (Å²) in [6, 6.07) is 16.2. The van der Waals surface area contributed by atoms with Crippen LogP contribution in [-0.4, -0.2) is 81.4 Å². The molecule has 2 saturated heterocycles. The fourth-order valence-electron chi connectivity index (χ4n) is 4.96. The second kappa shape index (κ2) is 8.66. The van der Waals surface area contributed by atoms with E-state index in [1.54, 1.807) is 17.0 Å². The third-order valence-corrected chi connectivity index (χ3v) is 6.93. The molecule has 8 nitrogen and oxygen atoms in total. The van der Waals surface area contributed by atoms with Gasteiger partial charge in [-0.05, 0) is 36.4 Å². The van der Waals surface area contributed by atoms with Crippen molar-refractivity contribution in [3.05, 3.63) is 84.5 Å². The van der Waals surface area contributed by atoms with Gasteiger partial charge in [-0.25, -0.2) is 9.37 Å². The zero-order valence-electron chi connectivity index (χ0n) is 19.0. The number of carbonyl (C=O) groups excluding carboxylic acids is 2. The van der Waals surface area contributed by atoms with Gasteiger partial charge in [0.2, 0.25) is 5.76 Å². The van der Waals surface area contributed by atoms with Crippen LogP contribution in [0.3, 0.4) is 0 Å². The summed E-state index contributed by atoms with van der Waals surface area (Å²) in [6.45, 7) is 4.01. The minimum Gasteiger partial charge on any atom is -0.438 e. The first kappa shape index (κ1) is 21.5. The summed E-state index contributed by atoms with van der Waals surface area (Å²) in [7, 11) is 0. The second-order valence-electron chi connectivity index (χ2n) is 8.96. The van der Waals surface area contributed by atoms with Crippen molar-refractivity contribution in [2.45, 2.75) is 6.04 Å². The van der Waals surface area contributed by atoms with E-state index in [2.05, 4.69) is 9.88 Å². The van der Waals surface area contributed by atoms with Crippen molar-refractivity contribution in [1.29, 1.82) is 0 Å². The monoisotopic (exact) mass is 473 g/mol. The van der Waals surface area contributed by atoms with Gasteiger partial charge in [-0.15, -0.1) is 0 Å². The fraction of sp³-hybridized carbons (Fsp3) is 0.269. The minimum absolute atomic E-state index is 0.0408. The zero-order valence-corrected chi connectivity index (χ0v) is 19.0. The molecule has 2 aliphatic heterocycles. The van der Waals surface area contributed by atoms with Gasteiger partial charge in [0, 0.05) is 56.4 Å². The molecule has 0 aliphatic carbocycles. The number of halogens is 1. The highest BCUT2D eigenvalue weighted by Gasteiger charge is 2.38. The van der Waals surface area contributed by atoms with Crippen LogP contribution >= 0.6 is 0 Å². The molecule has 9 heteroatoms. The molecule has 2 amide bonds. The maximum Gasteiger partial charge on any atom is 0.291 e. The van der Waals surface area contributed by atoms with Crippen LogP contribution in [0, 0.1) is 5.82 Å². The van der Waals surface area contributed by atoms with Crippen LogP contribution in [0.2, 0.25) is 0 Å². The van der Waals surface area contributed by atoms with Gasteiger partial charge in [0.05, 0.1) is 11.7 Å². The van der Waals surface area contributed by atoms with Crippen molar-refractivity contribution in [2.75, 3.05) is 39.3 Å². The molecular formula is C26H24FN5O3. The summed E-state index contributed by atoms with van der Waals surface area (Å²) >= 11 is 0. The lowest BCUT2D eigenvalue weighted by molar-refractivity contribution is 0.00757. The van der Waals surface area contributed by atoms with Crippen molar-refractivity contribution in [2.24, 2.45) is 0 Å². The number of benzene rings is 2. The Morgan fingerprint density at radius 3 is 2.37 bits per heavy atom. The molecule has 0 radical (unpaired) electrons. The van der Waals surface area contributed by atoms with Gasteiger partial charge in [-0.3, -0.25) is 14.5 Å². The average molecular weight is 474 g/mol. The van der Waals surface area contributed by atoms with Crippen molar-refractivity contribution in [3.8, 4) is 5.69 Å². The zero-order chi connectivity index (χ0) is 23.9. The highest BCUT2D eigenvalue weighted by molar-refractivity contribution is 6.00. The third kappa shape index (κ3) is 3.87. The molecule has 0 atom stereocenters. The lowest BCUT2D eigenvalue weighted by Gasteiger charge is -2.48. The van der Waals surface area contributed by atoms with E-state index in [4.69, 9.17) is 4.42 Å². The number of likely N-dealkylation sites (tertiary alicyclic amines) is 1. The van der Waals surface area contributed by atoms with Gasteiger partial charge in [0.25, 0.3) is 11.8 Å². The smallest absolute Gasteiger partial charge is 0.291 e. The Morgan fingerprint density at radius 2 is 1.66 bits per heavy atom. The summed E-state index contributed by atoms with van der Waals surface area (Å²) in [4.78, 5) is 35.7. The lowest BCUT2D eigenvalue weighted by atomic mass is 10.0. The number of aromatic nitrogens is 2. The molecule has 2 aliphatic rings. The van der Waals surface area contributed by atoms with Crippen molar-refractivity contribution < 1.29 is 18.4 Å². The first-order valence-electron chi connectivity index (χ1n) is 11.7. The van der Waals surface area contributed by atoms with Crippen LogP contribution < -0.4 is 0 Å². The summed E-state index contributed by atoms with van der Waals surface area (Å²) in [6.07, 6.45) is 2.70. The van der Waals surface area contributed by atoms with Crippen LogP contribution in [0.25, 0.3) is 16.6 Å². The van der Waals surface area contributed by atoms with Crippen LogP contribution in [0.15, 0.2) is 71.6 Å². The van der Waals surface area contributed by atoms with Crippen molar-refractivity contribution in [3.63, 3.8) is 0 Å². The number of para-hydroxylation sites is 1. The molecule has 178 valence electrons. The predicted molar refractivity (Wildman–Crippen MR) is 127 cm³/mol. The average Bonchev–Trinajstić information content (AvgIpc) is 3.52. The number of nitrogens with zero attached hydrogens (tertiary/aromatic N) is 5. The van der Waals surface area contributed by atoms with Crippen LogP contribution in [0.4, 0.5) is 4.39 Å². The van der Waals surface area contributed by atoms with Gasteiger partial charge < -0.3 is 18.8 Å². The largest absolute Gasteiger partial charge is 0.438 e. The fourth-order valence-corrected chi connectivity index (χ4v) is 4.96. The number of piperazine rings is 1. The van der Waals surface area contributed by atoms with Gasteiger partial charge in [-0.1, -0.05) is 18.2 Å². The highest BCUT2D eigenvalue weighted by atomic mass is 19.1. The Bertz CT molecular complexity index is 1370. The van der Waals surface area contributed by atoms with E-state index in [1.165, 1.54) is 24.7 Å². The molecule has 0 spiro atoms. The normalized spacial score (nSPS) is 17.1. The Morgan fingerprint density at radius 1 is 0.914 bits per heavy atom. The molecule has 2 aromatic carbocycles. The number of oxazole rings is 1. The van der Waals surface area contributed by atoms with Crippen LogP contribution in [0.5, 0.6) is 0 Å². The summed E-state index contributed by atoms with van der Waals surface area (Å²) in [5.41, 5.74) is 2.23. The molecule has 2 fully saturated rings. The maximum absolute atomic E-state index is 13.5. The van der Waals surface area contributed by atoms with Crippen molar-refractivity contribution >= 4 is 22.7 Å². The van der Waals surface area contributed by atoms with Gasteiger partial charge in [0.1, 0.15) is 11.5 Å². The molecule has 35 heavy (non-hydrogen) atoms. The topological polar surface area (TPSA) is 74.8 Å². The number of rotatable bonds is 4. The number of fused-ring (bicyclic) bond motifs is 1. The predicted octanol–water partition coefficient (Wildman–Crippen LogP) is 3.04. The maximum atomic E-state index is 13.5. The Hall–Kier alpha value is -3.98. The number of hydrogen-bond donors (Lipinski definition) is 0. The van der Waals surface area contributed by atoms with E-state index in [1.807, 2.05) is 39.8 Å². The van der Waals surface area contributed by atoms with E-state index in [0.29, 0.717) is 31.9 Å². The Balaban J connectivity index is 1.14. The van der Waals surface area contributed by atoms with Crippen LogP contribution in [0.1, 0.15) is 21.0 Å². The molecule has 0 saturated carbocycles. The van der Waals surface area contributed by atoms with E-state index >= 15 is 0 Å². The third-order valence-electron chi connectivity index (χ3n) is 6.93. The first-order valence-corrected chi connectivity index (χ1v) is 11.7. The molecular weight excluding hydrogens is 449 g/mol. The molecule has 0 bridgehead atoms. The molecule has 2 aromatic heterocycles. The van der Waals surface area contributed by atoms with Gasteiger partial charge in [0.15, 0.2) is 6.39 Å². The standard InChI is InChI=1S/C26H24FN5O3/c27-19-5-7-20(8-6-19)32-22-4-2-1-3-18(22)13-23(32)25(33)31-15-21(16-31)29-9-11-30(12-10-29)26(34)24-14-28-17-35-24/h1-8,13-14,17,21H,9-12,15-16H2. The first-order chi connectivity index (χ1) is 17.1. The number of amides is 2. The highest BCUT2D eigenvalue weighted by Crippen LogP contribution is 2.28. The quantitative estimate of drug-likeness (QED) is 0.456. The number of hydrogen-bond acceptors (Lipinski definition) is 5. The lowest BCUT2D eigenvalue weighted by Crippen LogP contribution is -2.64. The molecule has 4 heterocycles. The summed E-state index contributed by atoms with van der Waals surface area (Å²) in [5, 5.41) is 0.963. The van der Waals surface area contributed by atoms with Crippen molar-refractivity contribution in [1.82, 2.24) is 24.3 Å². The molecule has 4 aromatic rings. The molecule has 6 rings (SSSR count). The molecule has 0 N–H and O–H groups in total. The Kier molecular flexibility index (Phi) is 5.33. The summed E-state index contributed by atoms with van der Waals surface area (Å²) < 4.78 is 20.6.